The van der Waals surface area contributed by atoms with Crippen LogP contribution in [0, 0.1) is 5.92 Å². The summed E-state index contributed by atoms with van der Waals surface area (Å²) in [6, 6.07) is 9.38. The SMILES string of the molecule is CN(C(=O)N1CC2CCC1CN(S(=O)(=O)N(C)C)C2)c1ccccc1. The molecule has 3 heterocycles. The summed E-state index contributed by atoms with van der Waals surface area (Å²) in [4.78, 5) is 16.5. The predicted octanol–water partition coefficient (Wildman–Crippen LogP) is 1.45. The number of piperidine rings is 1. The number of urea groups is 1. The minimum absolute atomic E-state index is 0.0648. The van der Waals surface area contributed by atoms with Crippen LogP contribution in [0.2, 0.25) is 0 Å². The second-order valence-electron chi connectivity index (χ2n) is 7.03. The van der Waals surface area contributed by atoms with Crippen molar-refractivity contribution in [3.05, 3.63) is 30.3 Å². The Morgan fingerprint density at radius 2 is 1.72 bits per heavy atom. The molecule has 0 saturated carbocycles. The highest BCUT2D eigenvalue weighted by molar-refractivity contribution is 7.86. The number of amides is 2. The zero-order chi connectivity index (χ0) is 18.2. The number of carbonyl (C=O) groups excluding carboxylic acids is 1. The largest absolute Gasteiger partial charge is 0.324 e. The first kappa shape index (κ1) is 18.2. The summed E-state index contributed by atoms with van der Waals surface area (Å²) in [6.45, 7) is 1.46. The van der Waals surface area contributed by atoms with Gasteiger partial charge in [0.15, 0.2) is 0 Å². The normalized spacial score (nSPS) is 24.4. The van der Waals surface area contributed by atoms with E-state index in [-0.39, 0.29) is 18.0 Å². The van der Waals surface area contributed by atoms with Crippen LogP contribution in [0.1, 0.15) is 12.8 Å². The molecule has 0 N–H and O–H groups in total. The number of hydrogen-bond acceptors (Lipinski definition) is 3. The van der Waals surface area contributed by atoms with Gasteiger partial charge in [-0.05, 0) is 30.9 Å². The molecule has 3 aliphatic rings. The highest BCUT2D eigenvalue weighted by Crippen LogP contribution is 2.31. The van der Waals surface area contributed by atoms with E-state index < -0.39 is 10.2 Å². The lowest BCUT2D eigenvalue weighted by molar-refractivity contribution is 0.148. The molecule has 3 aliphatic heterocycles. The van der Waals surface area contributed by atoms with Gasteiger partial charge in [-0.1, -0.05) is 18.2 Å². The third-order valence-corrected chi connectivity index (χ3v) is 7.02. The first-order chi connectivity index (χ1) is 11.8. The Kier molecular flexibility index (Phi) is 5.04. The monoisotopic (exact) mass is 366 g/mol. The summed E-state index contributed by atoms with van der Waals surface area (Å²) in [5, 5.41) is 0. The molecular weight excluding hydrogens is 340 g/mol. The summed E-state index contributed by atoms with van der Waals surface area (Å²) in [6.07, 6.45) is 1.81. The van der Waals surface area contributed by atoms with Gasteiger partial charge in [-0.2, -0.15) is 17.0 Å². The zero-order valence-corrected chi connectivity index (χ0v) is 15.8. The highest BCUT2D eigenvalue weighted by atomic mass is 32.2. The highest BCUT2D eigenvalue weighted by Gasteiger charge is 2.42. The molecule has 2 amide bonds. The molecule has 1 aromatic carbocycles. The van der Waals surface area contributed by atoms with Crippen molar-refractivity contribution in [1.82, 2.24) is 13.5 Å². The fourth-order valence-corrected chi connectivity index (χ4v) is 4.87. The third kappa shape index (κ3) is 3.51. The van der Waals surface area contributed by atoms with E-state index in [1.165, 1.54) is 8.61 Å². The molecule has 25 heavy (non-hydrogen) atoms. The van der Waals surface area contributed by atoms with Crippen molar-refractivity contribution >= 4 is 21.9 Å². The van der Waals surface area contributed by atoms with Crippen molar-refractivity contribution in [2.24, 2.45) is 5.92 Å². The molecule has 1 aromatic rings. The molecule has 7 nitrogen and oxygen atoms in total. The maximum absolute atomic E-state index is 13.0. The minimum Gasteiger partial charge on any atom is -0.320 e. The Bertz CT molecular complexity index is 723. The van der Waals surface area contributed by atoms with Crippen molar-refractivity contribution < 1.29 is 13.2 Å². The molecule has 0 aliphatic carbocycles. The molecule has 2 bridgehead atoms. The van der Waals surface area contributed by atoms with Crippen molar-refractivity contribution in [2.45, 2.75) is 18.9 Å². The lowest BCUT2D eigenvalue weighted by atomic mass is 9.95. The number of carbonyl (C=O) groups is 1. The van der Waals surface area contributed by atoms with Crippen molar-refractivity contribution in [3.63, 3.8) is 0 Å². The van der Waals surface area contributed by atoms with Crippen LogP contribution in [-0.2, 0) is 10.2 Å². The van der Waals surface area contributed by atoms with E-state index in [4.69, 9.17) is 0 Å². The zero-order valence-electron chi connectivity index (χ0n) is 15.0. The molecule has 2 unspecified atom stereocenters. The van der Waals surface area contributed by atoms with E-state index in [9.17, 15) is 13.2 Å². The standard InChI is InChI=1S/C17H26N4O3S/c1-18(2)25(23,24)20-11-14-9-10-16(13-20)21(12-14)17(22)19(3)15-7-5-4-6-8-15/h4-8,14,16H,9-13H2,1-3H3. The maximum atomic E-state index is 13.0. The number of nitrogens with zero attached hydrogens (tertiary/aromatic N) is 4. The average molecular weight is 366 g/mol. The second kappa shape index (κ2) is 6.93. The average Bonchev–Trinajstić information content (AvgIpc) is 2.93. The summed E-state index contributed by atoms with van der Waals surface area (Å²) < 4.78 is 27.8. The Labute approximate surface area is 150 Å². The number of rotatable bonds is 3. The second-order valence-corrected chi connectivity index (χ2v) is 9.18. The maximum Gasteiger partial charge on any atom is 0.324 e. The van der Waals surface area contributed by atoms with Gasteiger partial charge in [0, 0.05) is 52.5 Å². The Balaban J connectivity index is 1.80. The number of para-hydroxylation sites is 1. The Morgan fingerprint density at radius 1 is 1.04 bits per heavy atom. The molecule has 3 fully saturated rings. The predicted molar refractivity (Wildman–Crippen MR) is 97.6 cm³/mol. The molecule has 4 rings (SSSR count). The van der Waals surface area contributed by atoms with Gasteiger partial charge in [0.1, 0.15) is 0 Å². The molecule has 0 spiro atoms. The van der Waals surface area contributed by atoms with Crippen LogP contribution >= 0.6 is 0 Å². The number of fused-ring (bicyclic) bond motifs is 4. The summed E-state index contributed by atoms with van der Waals surface area (Å²) in [7, 11) is 1.41. The number of hydrogen-bond donors (Lipinski definition) is 0. The smallest absolute Gasteiger partial charge is 0.320 e. The van der Waals surface area contributed by atoms with E-state index >= 15 is 0 Å². The lowest BCUT2D eigenvalue weighted by Gasteiger charge is -2.38. The van der Waals surface area contributed by atoms with Gasteiger partial charge in [-0.15, -0.1) is 0 Å². The van der Waals surface area contributed by atoms with Crippen LogP contribution in [0.25, 0.3) is 0 Å². The molecule has 2 atom stereocenters. The van der Waals surface area contributed by atoms with Gasteiger partial charge < -0.3 is 4.90 Å². The lowest BCUT2D eigenvalue weighted by Crippen LogP contribution is -2.52. The van der Waals surface area contributed by atoms with Crippen molar-refractivity contribution in [2.75, 3.05) is 45.7 Å². The fourth-order valence-electron chi connectivity index (χ4n) is 3.65. The van der Waals surface area contributed by atoms with E-state index in [1.54, 1.807) is 26.0 Å². The molecule has 0 radical (unpaired) electrons. The van der Waals surface area contributed by atoms with E-state index in [0.717, 1.165) is 18.5 Å². The number of anilines is 1. The first-order valence-electron chi connectivity index (χ1n) is 8.57. The topological polar surface area (TPSA) is 64.2 Å². The molecular formula is C17H26N4O3S. The van der Waals surface area contributed by atoms with E-state index in [2.05, 4.69) is 0 Å². The fraction of sp³-hybridized carbons (Fsp3) is 0.588. The molecule has 3 saturated heterocycles. The number of benzene rings is 1. The van der Waals surface area contributed by atoms with Crippen LogP contribution in [0.15, 0.2) is 30.3 Å². The van der Waals surface area contributed by atoms with Crippen LogP contribution in [0.3, 0.4) is 0 Å². The quantitative estimate of drug-likeness (QED) is 0.813. The van der Waals surface area contributed by atoms with Gasteiger partial charge in [0.05, 0.1) is 0 Å². The van der Waals surface area contributed by atoms with E-state index in [0.29, 0.717) is 19.6 Å². The van der Waals surface area contributed by atoms with Gasteiger partial charge in [0.25, 0.3) is 10.2 Å². The summed E-state index contributed by atoms with van der Waals surface area (Å²) >= 11 is 0. The van der Waals surface area contributed by atoms with Crippen molar-refractivity contribution in [1.29, 1.82) is 0 Å². The van der Waals surface area contributed by atoms with Crippen LogP contribution in [0.5, 0.6) is 0 Å². The van der Waals surface area contributed by atoms with E-state index in [1.807, 2.05) is 35.2 Å². The van der Waals surface area contributed by atoms with Crippen molar-refractivity contribution in [3.8, 4) is 0 Å². The first-order valence-corrected chi connectivity index (χ1v) is 9.97. The van der Waals surface area contributed by atoms with Crippen LogP contribution in [-0.4, -0.2) is 74.8 Å². The summed E-state index contributed by atoms with van der Waals surface area (Å²) in [5.74, 6) is 0.182. The van der Waals surface area contributed by atoms with Gasteiger partial charge in [-0.25, -0.2) is 4.79 Å². The van der Waals surface area contributed by atoms with Crippen LogP contribution in [0.4, 0.5) is 10.5 Å². The minimum atomic E-state index is -3.46. The Morgan fingerprint density at radius 3 is 2.36 bits per heavy atom. The van der Waals surface area contributed by atoms with Gasteiger partial charge in [-0.3, -0.25) is 4.90 Å². The molecule has 138 valence electrons. The van der Waals surface area contributed by atoms with Crippen LogP contribution < -0.4 is 4.90 Å². The third-order valence-electron chi connectivity index (χ3n) is 5.14. The van der Waals surface area contributed by atoms with Gasteiger partial charge in [0.2, 0.25) is 0 Å². The molecule has 0 aromatic heterocycles. The summed E-state index contributed by atoms with van der Waals surface area (Å²) in [5.41, 5.74) is 0.838. The van der Waals surface area contributed by atoms with Gasteiger partial charge >= 0.3 is 6.03 Å². The Hall–Kier alpha value is -1.64. The molecule has 8 heteroatoms.